The zero-order valence-electron chi connectivity index (χ0n) is 19.0. The second-order valence-corrected chi connectivity index (χ2v) is 11.7. The van der Waals surface area contributed by atoms with E-state index in [0.717, 1.165) is 23.7 Å². The van der Waals surface area contributed by atoms with E-state index in [1.807, 2.05) is 18.2 Å². The summed E-state index contributed by atoms with van der Waals surface area (Å²) in [6, 6.07) is 5.67. The highest BCUT2D eigenvalue weighted by Gasteiger charge is 2.33. The number of benzene rings is 1. The number of fused-ring (bicyclic) bond motifs is 1. The lowest BCUT2D eigenvalue weighted by molar-refractivity contribution is -0.128. The number of hydrogen-bond donors (Lipinski definition) is 4. The van der Waals surface area contributed by atoms with Crippen LogP contribution in [0.25, 0.3) is 11.0 Å². The molecule has 11 heteroatoms. The van der Waals surface area contributed by atoms with E-state index in [1.54, 1.807) is 25.1 Å². The van der Waals surface area contributed by atoms with E-state index in [9.17, 15) is 9.69 Å². The van der Waals surface area contributed by atoms with E-state index >= 15 is 0 Å². The molecule has 1 radical (unpaired) electrons. The number of aromatic nitrogens is 3. The van der Waals surface area contributed by atoms with Crippen molar-refractivity contribution >= 4 is 58.8 Å². The zero-order valence-corrected chi connectivity index (χ0v) is 20.6. The fraction of sp³-hybridized carbons (Fsp3) is 0.409. The number of methoxy groups -OCH3 is 1. The molecular formula is C22H29ClN6O3P. The van der Waals surface area contributed by atoms with Gasteiger partial charge < -0.3 is 30.1 Å². The third kappa shape index (κ3) is 4.86. The standard InChI is InChI=1S/C22H29ClN6O3P/c1-4-7-24-20-19-16(23)13-25-21(19)28-22(27-20)26-17-6-5-15(12-18(17)32-3)33(31)10-8-29(9-11-33)14(2)30/h5-6,12-13,31H,4,7-11H2,1-3H3,(H3,24,25,26,27,28). The number of carbonyl (C=O) groups is 1. The van der Waals surface area contributed by atoms with Crippen molar-refractivity contribution in [1.29, 1.82) is 0 Å². The van der Waals surface area contributed by atoms with Crippen LogP contribution >= 0.6 is 19.1 Å². The van der Waals surface area contributed by atoms with E-state index in [0.29, 0.717) is 59.3 Å². The predicted octanol–water partition coefficient (Wildman–Crippen LogP) is 3.60. The minimum absolute atomic E-state index is 0.0477. The maximum atomic E-state index is 11.6. The summed E-state index contributed by atoms with van der Waals surface area (Å²) >= 11 is 6.31. The van der Waals surface area contributed by atoms with Gasteiger partial charge in [-0.2, -0.15) is 9.97 Å². The molecule has 0 bridgehead atoms. The van der Waals surface area contributed by atoms with Crippen LogP contribution in [0.3, 0.4) is 0 Å². The molecule has 0 unspecified atom stereocenters. The lowest BCUT2D eigenvalue weighted by atomic mass is 10.3. The van der Waals surface area contributed by atoms with Crippen molar-refractivity contribution in [3.8, 4) is 5.75 Å². The molecule has 33 heavy (non-hydrogen) atoms. The molecule has 1 aromatic carbocycles. The Morgan fingerprint density at radius 1 is 1.33 bits per heavy atom. The molecule has 0 aliphatic carbocycles. The summed E-state index contributed by atoms with van der Waals surface area (Å²) in [4.78, 5) is 37.0. The highest BCUT2D eigenvalue weighted by atomic mass is 35.5. The number of anilines is 3. The molecule has 1 aliphatic heterocycles. The molecule has 1 fully saturated rings. The SMILES string of the molecule is CCCNc1nc(Nc2ccc([P]3(O)CCN(C(C)=O)CC3)cc2OC)nc2[nH]cc(Cl)c12. The first-order valence-corrected chi connectivity index (χ1v) is 13.4. The molecule has 4 N–H and O–H groups in total. The summed E-state index contributed by atoms with van der Waals surface area (Å²) in [6.45, 7) is 5.55. The largest absolute Gasteiger partial charge is 0.495 e. The number of nitrogens with one attached hydrogen (secondary N) is 3. The molecule has 2 aromatic heterocycles. The highest BCUT2D eigenvalue weighted by molar-refractivity contribution is 7.77. The van der Waals surface area contributed by atoms with E-state index < -0.39 is 7.49 Å². The Hall–Kier alpha value is -2.61. The quantitative estimate of drug-likeness (QED) is 0.373. The molecule has 0 spiro atoms. The van der Waals surface area contributed by atoms with E-state index in [-0.39, 0.29) is 5.91 Å². The predicted molar refractivity (Wildman–Crippen MR) is 135 cm³/mol. The smallest absolute Gasteiger partial charge is 0.231 e. The molecule has 3 aromatic rings. The molecule has 1 amide bonds. The normalized spacial score (nSPS) is 15.5. The van der Waals surface area contributed by atoms with Crippen LogP contribution in [-0.4, -0.2) is 69.7 Å². The lowest BCUT2D eigenvalue weighted by Crippen LogP contribution is -2.41. The number of halogens is 1. The maximum Gasteiger partial charge on any atom is 0.231 e. The summed E-state index contributed by atoms with van der Waals surface area (Å²) in [6.07, 6.45) is 3.81. The number of carbonyl (C=O) groups excluding carboxylic acids is 1. The number of rotatable bonds is 7. The van der Waals surface area contributed by atoms with Crippen molar-refractivity contribution in [2.75, 3.05) is 49.7 Å². The second-order valence-electron chi connectivity index (χ2n) is 8.07. The summed E-state index contributed by atoms with van der Waals surface area (Å²) in [5, 5.41) is 8.72. The van der Waals surface area contributed by atoms with Crippen LogP contribution in [0.5, 0.6) is 5.75 Å². The first kappa shape index (κ1) is 23.5. The van der Waals surface area contributed by atoms with Gasteiger partial charge in [-0.1, -0.05) is 24.6 Å². The molecule has 1 aliphatic rings. The van der Waals surface area contributed by atoms with Gasteiger partial charge >= 0.3 is 0 Å². The van der Waals surface area contributed by atoms with Crippen LogP contribution in [0.15, 0.2) is 24.4 Å². The molecule has 4 rings (SSSR count). The van der Waals surface area contributed by atoms with E-state index in [1.165, 1.54) is 0 Å². The third-order valence-corrected chi connectivity index (χ3v) is 9.28. The summed E-state index contributed by atoms with van der Waals surface area (Å²) in [5.74, 6) is 1.69. The van der Waals surface area contributed by atoms with Crippen molar-refractivity contribution in [1.82, 2.24) is 19.9 Å². The lowest BCUT2D eigenvalue weighted by Gasteiger charge is -2.39. The molecule has 3 heterocycles. The average Bonchev–Trinajstić information content (AvgIpc) is 3.18. The summed E-state index contributed by atoms with van der Waals surface area (Å²) in [5.41, 5.74) is 1.32. The number of nitrogens with zero attached hydrogens (tertiary/aromatic N) is 3. The van der Waals surface area contributed by atoms with Crippen molar-refractivity contribution in [3.63, 3.8) is 0 Å². The van der Waals surface area contributed by atoms with Crippen LogP contribution in [0.4, 0.5) is 17.5 Å². The monoisotopic (exact) mass is 491 g/mol. The van der Waals surface area contributed by atoms with Gasteiger partial charge in [0.15, 0.2) is 0 Å². The topological polar surface area (TPSA) is 115 Å². The number of aromatic amines is 1. The Morgan fingerprint density at radius 2 is 2.09 bits per heavy atom. The summed E-state index contributed by atoms with van der Waals surface area (Å²) < 4.78 is 5.62. The summed E-state index contributed by atoms with van der Waals surface area (Å²) in [7, 11) is -0.757. The number of H-pyrrole nitrogens is 1. The Kier molecular flexibility index (Phi) is 6.93. The first-order chi connectivity index (χ1) is 15.8. The van der Waals surface area contributed by atoms with Crippen LogP contribution in [-0.2, 0) is 4.79 Å². The molecule has 0 atom stereocenters. The van der Waals surface area contributed by atoms with Crippen LogP contribution in [0.1, 0.15) is 20.3 Å². The van der Waals surface area contributed by atoms with Crippen molar-refractivity contribution < 1.29 is 14.4 Å². The minimum Gasteiger partial charge on any atom is -0.495 e. The maximum absolute atomic E-state index is 11.6. The first-order valence-electron chi connectivity index (χ1n) is 10.9. The van der Waals surface area contributed by atoms with Gasteiger partial charge in [-0.25, -0.2) is 0 Å². The fourth-order valence-corrected chi connectivity index (χ4v) is 6.78. The highest BCUT2D eigenvalue weighted by Crippen LogP contribution is 2.55. The van der Waals surface area contributed by atoms with Gasteiger partial charge in [-0.15, -0.1) is 0 Å². The van der Waals surface area contributed by atoms with Crippen LogP contribution in [0, 0.1) is 0 Å². The van der Waals surface area contributed by atoms with Crippen molar-refractivity contribution in [3.05, 3.63) is 29.4 Å². The molecule has 0 saturated carbocycles. The Bertz CT molecular complexity index is 1160. The molecular weight excluding hydrogens is 463 g/mol. The van der Waals surface area contributed by atoms with E-state index in [4.69, 9.17) is 16.3 Å². The van der Waals surface area contributed by atoms with Gasteiger partial charge in [0, 0.05) is 57.9 Å². The van der Waals surface area contributed by atoms with Gasteiger partial charge in [0.2, 0.25) is 11.9 Å². The minimum atomic E-state index is -2.35. The molecule has 9 nitrogen and oxygen atoms in total. The van der Waals surface area contributed by atoms with Gasteiger partial charge in [0.05, 0.1) is 23.2 Å². The van der Waals surface area contributed by atoms with E-state index in [2.05, 4.69) is 32.5 Å². The Labute approximate surface area is 198 Å². The van der Waals surface area contributed by atoms with Gasteiger partial charge in [-0.3, -0.25) is 4.79 Å². The number of ether oxygens (including phenoxy) is 1. The zero-order chi connectivity index (χ0) is 23.6. The second kappa shape index (κ2) is 9.71. The fourth-order valence-electron chi connectivity index (χ4n) is 3.95. The average molecular weight is 492 g/mol. The van der Waals surface area contributed by atoms with Crippen molar-refractivity contribution in [2.45, 2.75) is 20.3 Å². The van der Waals surface area contributed by atoms with Crippen molar-refractivity contribution in [2.24, 2.45) is 0 Å². The third-order valence-electron chi connectivity index (χ3n) is 5.86. The Morgan fingerprint density at radius 3 is 2.76 bits per heavy atom. The molecule has 177 valence electrons. The Balaban J connectivity index is 1.60. The van der Waals surface area contributed by atoms with Gasteiger partial charge in [0.25, 0.3) is 0 Å². The van der Waals surface area contributed by atoms with Gasteiger partial charge in [0.1, 0.15) is 17.2 Å². The molecule has 1 saturated heterocycles. The van der Waals surface area contributed by atoms with Gasteiger partial charge in [-0.05, 0) is 18.6 Å². The number of hydrogen-bond acceptors (Lipinski definition) is 7. The van der Waals surface area contributed by atoms with Crippen LogP contribution in [0.2, 0.25) is 5.02 Å². The van der Waals surface area contributed by atoms with Crippen LogP contribution < -0.4 is 20.7 Å². The number of amides is 1.